The second-order valence-electron chi connectivity index (χ2n) is 9.38. The highest BCUT2D eigenvalue weighted by Crippen LogP contribution is 2.21. The minimum atomic E-state index is -0.965. The summed E-state index contributed by atoms with van der Waals surface area (Å²) < 4.78 is 0. The molecule has 5 rings (SSSR count). The third-order valence-electron chi connectivity index (χ3n) is 6.91. The smallest absolute Gasteiger partial charge is 0.339 e. The van der Waals surface area contributed by atoms with Gasteiger partial charge in [0.05, 0.1) is 23.8 Å². The maximum Gasteiger partial charge on any atom is 0.339 e. The van der Waals surface area contributed by atoms with Crippen LogP contribution in [0.4, 0.5) is 11.6 Å². The first-order chi connectivity index (χ1) is 18.5. The highest BCUT2D eigenvalue weighted by Gasteiger charge is 2.24. The average molecular weight is 519 g/mol. The standard InChI is InChI=1S/C26H30N8O4/c35-25(36)21-3-1-5-27-23(21)33-11-7-31(8-12-33)17-19-15-30-20(16-29-19)18-32-9-13-34(14-10-32)24-22(26(37)38)4-2-6-28-24/h1-6,15-16H,7-14,17-18H2,(H,35,36)(H,37,38). The van der Waals surface area contributed by atoms with Crippen LogP contribution in [-0.2, 0) is 13.1 Å². The van der Waals surface area contributed by atoms with E-state index in [1.165, 1.54) is 0 Å². The molecule has 0 spiro atoms. The summed E-state index contributed by atoms with van der Waals surface area (Å²) >= 11 is 0. The van der Waals surface area contributed by atoms with E-state index in [2.05, 4.69) is 29.7 Å². The molecule has 2 aliphatic rings. The number of nitrogens with zero attached hydrogens (tertiary/aromatic N) is 8. The van der Waals surface area contributed by atoms with Crippen LogP contribution in [0.5, 0.6) is 0 Å². The zero-order valence-electron chi connectivity index (χ0n) is 21.0. The summed E-state index contributed by atoms with van der Waals surface area (Å²) in [6.07, 6.45) is 6.90. The summed E-state index contributed by atoms with van der Waals surface area (Å²) in [5.41, 5.74) is 2.25. The maximum absolute atomic E-state index is 11.5. The van der Waals surface area contributed by atoms with Crippen LogP contribution >= 0.6 is 0 Å². The second-order valence-corrected chi connectivity index (χ2v) is 9.38. The lowest BCUT2D eigenvalue weighted by Crippen LogP contribution is -2.47. The fourth-order valence-corrected chi connectivity index (χ4v) is 4.87. The average Bonchev–Trinajstić information content (AvgIpc) is 2.95. The lowest BCUT2D eigenvalue weighted by atomic mass is 10.2. The molecule has 3 aromatic rings. The third kappa shape index (κ3) is 5.87. The second kappa shape index (κ2) is 11.5. The molecule has 2 fully saturated rings. The molecule has 2 aliphatic heterocycles. The van der Waals surface area contributed by atoms with Crippen LogP contribution in [0.25, 0.3) is 0 Å². The van der Waals surface area contributed by atoms with Crippen LogP contribution in [0.2, 0.25) is 0 Å². The lowest BCUT2D eigenvalue weighted by molar-refractivity contribution is 0.0686. The number of carboxylic acids is 2. The van der Waals surface area contributed by atoms with E-state index in [0.29, 0.717) is 50.9 Å². The van der Waals surface area contributed by atoms with Crippen molar-refractivity contribution in [1.82, 2.24) is 29.7 Å². The summed E-state index contributed by atoms with van der Waals surface area (Å²) in [5, 5.41) is 18.9. The molecule has 0 bridgehead atoms. The minimum absolute atomic E-state index is 0.227. The number of hydrogen-bond acceptors (Lipinski definition) is 10. The summed E-state index contributed by atoms with van der Waals surface area (Å²) in [5.74, 6) is -0.888. The van der Waals surface area contributed by atoms with Gasteiger partial charge in [-0.2, -0.15) is 0 Å². The molecule has 198 valence electrons. The van der Waals surface area contributed by atoms with E-state index in [1.807, 2.05) is 22.2 Å². The van der Waals surface area contributed by atoms with Gasteiger partial charge in [0.2, 0.25) is 0 Å². The molecule has 0 saturated carbocycles. The Labute approximate surface area is 220 Å². The van der Waals surface area contributed by atoms with Gasteiger partial charge in [-0.25, -0.2) is 19.6 Å². The number of pyridine rings is 2. The first-order valence-electron chi connectivity index (χ1n) is 12.6. The molecule has 0 aliphatic carbocycles. The number of anilines is 2. The molecular weight excluding hydrogens is 488 g/mol. The van der Waals surface area contributed by atoms with Crippen LogP contribution in [0.1, 0.15) is 32.1 Å². The van der Waals surface area contributed by atoms with Crippen molar-refractivity contribution in [2.45, 2.75) is 13.1 Å². The van der Waals surface area contributed by atoms with E-state index in [4.69, 9.17) is 0 Å². The van der Waals surface area contributed by atoms with Crippen molar-refractivity contribution in [3.8, 4) is 0 Å². The molecule has 2 N–H and O–H groups in total. The molecule has 38 heavy (non-hydrogen) atoms. The fourth-order valence-electron chi connectivity index (χ4n) is 4.87. The van der Waals surface area contributed by atoms with Gasteiger partial charge in [-0.15, -0.1) is 0 Å². The highest BCUT2D eigenvalue weighted by molar-refractivity contribution is 5.93. The van der Waals surface area contributed by atoms with Crippen molar-refractivity contribution in [3.63, 3.8) is 0 Å². The van der Waals surface area contributed by atoms with Gasteiger partial charge in [0.1, 0.15) is 22.8 Å². The van der Waals surface area contributed by atoms with Crippen molar-refractivity contribution < 1.29 is 19.8 Å². The molecule has 12 heteroatoms. The quantitative estimate of drug-likeness (QED) is 0.444. The van der Waals surface area contributed by atoms with Crippen LogP contribution in [-0.4, -0.2) is 104 Å². The summed E-state index contributed by atoms with van der Waals surface area (Å²) in [4.78, 5) is 49.5. The van der Waals surface area contributed by atoms with Gasteiger partial charge in [-0.3, -0.25) is 19.8 Å². The monoisotopic (exact) mass is 518 g/mol. The van der Waals surface area contributed by atoms with Gasteiger partial charge in [0.15, 0.2) is 0 Å². The number of carbonyl (C=O) groups is 2. The van der Waals surface area contributed by atoms with Crippen LogP contribution in [0.15, 0.2) is 49.1 Å². The minimum Gasteiger partial charge on any atom is -0.478 e. The Kier molecular flexibility index (Phi) is 7.70. The predicted octanol–water partition coefficient (Wildman–Crippen LogP) is 1.31. The molecule has 0 atom stereocenters. The van der Waals surface area contributed by atoms with Crippen molar-refractivity contribution >= 4 is 23.6 Å². The Morgan fingerprint density at radius 3 is 1.37 bits per heavy atom. The van der Waals surface area contributed by atoms with Crippen LogP contribution in [0.3, 0.4) is 0 Å². The zero-order valence-corrected chi connectivity index (χ0v) is 21.0. The molecule has 3 aromatic heterocycles. The summed E-state index contributed by atoms with van der Waals surface area (Å²) in [6, 6.07) is 6.46. The molecule has 5 heterocycles. The van der Waals surface area contributed by atoms with E-state index in [0.717, 1.165) is 37.6 Å². The van der Waals surface area contributed by atoms with Crippen molar-refractivity contribution in [1.29, 1.82) is 0 Å². The largest absolute Gasteiger partial charge is 0.478 e. The van der Waals surface area contributed by atoms with E-state index in [9.17, 15) is 19.8 Å². The molecule has 0 radical (unpaired) electrons. The number of carboxylic acid groups (broad SMARTS) is 2. The van der Waals surface area contributed by atoms with E-state index in [-0.39, 0.29) is 11.1 Å². The normalized spacial score (nSPS) is 16.9. The van der Waals surface area contributed by atoms with E-state index in [1.54, 1.807) is 36.7 Å². The maximum atomic E-state index is 11.5. The molecule has 0 unspecified atom stereocenters. The molecule has 0 aromatic carbocycles. The van der Waals surface area contributed by atoms with Crippen LogP contribution in [0, 0.1) is 0 Å². The Bertz CT molecular complexity index is 1170. The SMILES string of the molecule is O=C(O)c1cccnc1N1CCN(Cc2cnc(CN3CCN(c4ncccc4C(=O)O)CC3)cn2)CC1. The predicted molar refractivity (Wildman–Crippen MR) is 139 cm³/mol. The van der Waals surface area contributed by atoms with Gasteiger partial charge < -0.3 is 20.0 Å². The van der Waals surface area contributed by atoms with Gasteiger partial charge in [-0.1, -0.05) is 0 Å². The van der Waals surface area contributed by atoms with E-state index < -0.39 is 11.9 Å². The van der Waals surface area contributed by atoms with Gasteiger partial charge >= 0.3 is 11.9 Å². The van der Waals surface area contributed by atoms with Gasteiger partial charge in [0, 0.05) is 77.8 Å². The summed E-state index contributed by atoms with van der Waals surface area (Å²) in [7, 11) is 0. The summed E-state index contributed by atoms with van der Waals surface area (Å²) in [6.45, 7) is 7.28. The first kappa shape index (κ1) is 25.5. The van der Waals surface area contributed by atoms with Gasteiger partial charge in [-0.05, 0) is 24.3 Å². The molecule has 0 amide bonds. The highest BCUT2D eigenvalue weighted by atomic mass is 16.4. The first-order valence-corrected chi connectivity index (χ1v) is 12.6. The number of aromatic nitrogens is 4. The molecule has 12 nitrogen and oxygen atoms in total. The van der Waals surface area contributed by atoms with Crippen molar-refractivity contribution in [2.24, 2.45) is 0 Å². The molecular formula is C26H30N8O4. The number of piperazine rings is 2. The van der Waals surface area contributed by atoms with Crippen LogP contribution < -0.4 is 9.80 Å². The number of rotatable bonds is 8. The Morgan fingerprint density at radius 1 is 0.632 bits per heavy atom. The number of aromatic carboxylic acids is 2. The zero-order chi connectivity index (χ0) is 26.5. The Hall–Kier alpha value is -4.16. The van der Waals surface area contributed by atoms with Crippen molar-refractivity contribution in [2.75, 3.05) is 62.2 Å². The van der Waals surface area contributed by atoms with E-state index >= 15 is 0 Å². The topological polar surface area (TPSA) is 139 Å². The Morgan fingerprint density at radius 2 is 1.03 bits per heavy atom. The lowest BCUT2D eigenvalue weighted by Gasteiger charge is -2.36. The molecule has 2 saturated heterocycles. The number of hydrogen-bond donors (Lipinski definition) is 2. The van der Waals surface area contributed by atoms with Crippen molar-refractivity contribution in [3.05, 3.63) is 71.6 Å². The third-order valence-corrected chi connectivity index (χ3v) is 6.91. The van der Waals surface area contributed by atoms with Gasteiger partial charge in [0.25, 0.3) is 0 Å². The fraction of sp³-hybridized carbons (Fsp3) is 0.385. The Balaban J connectivity index is 1.09.